The van der Waals surface area contributed by atoms with Gasteiger partial charge < -0.3 is 10.8 Å². The maximum atomic E-state index is 11.6. The third-order valence-corrected chi connectivity index (χ3v) is 4.35. The first-order valence-corrected chi connectivity index (χ1v) is 6.84. The van der Waals surface area contributed by atoms with Gasteiger partial charge in [-0.3, -0.25) is 10.1 Å². The molecule has 1 amide bonds. The zero-order chi connectivity index (χ0) is 14.6. The van der Waals surface area contributed by atoms with Gasteiger partial charge in [-0.25, -0.2) is 0 Å². The number of benzene rings is 1. The number of phenolic OH excluding ortho intramolecular Hbond substituents is 1. The first-order valence-electron chi connectivity index (χ1n) is 6.08. The number of rotatable bonds is 6. The highest BCUT2D eigenvalue weighted by molar-refractivity contribution is 6.43. The number of carbonyl (C=O) groups excluding carboxylic acids is 1. The lowest BCUT2D eigenvalue weighted by Crippen LogP contribution is -2.54. The molecule has 1 aromatic rings. The van der Waals surface area contributed by atoms with E-state index in [9.17, 15) is 9.90 Å². The molecule has 4 N–H and O–H groups in total. The largest absolute Gasteiger partial charge is 0.506 e. The van der Waals surface area contributed by atoms with Gasteiger partial charge in [0.25, 0.3) is 0 Å². The highest BCUT2D eigenvalue weighted by atomic mass is 35.5. The van der Waals surface area contributed by atoms with Crippen molar-refractivity contribution in [2.75, 3.05) is 0 Å². The van der Waals surface area contributed by atoms with Crippen molar-refractivity contribution in [2.24, 2.45) is 5.73 Å². The maximum absolute atomic E-state index is 11.6. The van der Waals surface area contributed by atoms with Crippen molar-refractivity contribution in [3.63, 3.8) is 0 Å². The Kier molecular flexibility index (Phi) is 5.47. The van der Waals surface area contributed by atoms with E-state index < -0.39 is 11.4 Å². The first-order chi connectivity index (χ1) is 8.88. The van der Waals surface area contributed by atoms with E-state index in [1.54, 1.807) is 6.07 Å². The van der Waals surface area contributed by atoms with E-state index in [1.165, 1.54) is 6.07 Å². The zero-order valence-corrected chi connectivity index (χ0v) is 12.5. The maximum Gasteiger partial charge on any atom is 0.237 e. The molecule has 0 saturated heterocycles. The molecule has 4 nitrogen and oxygen atoms in total. The fourth-order valence-corrected chi connectivity index (χ4v) is 2.33. The Balaban J connectivity index is 2.92. The van der Waals surface area contributed by atoms with Gasteiger partial charge in [0.05, 0.1) is 10.6 Å². The second-order valence-corrected chi connectivity index (χ2v) is 5.13. The van der Waals surface area contributed by atoms with Crippen molar-refractivity contribution >= 4 is 29.1 Å². The molecular weight excluding hydrogens is 287 g/mol. The summed E-state index contributed by atoms with van der Waals surface area (Å²) >= 11 is 11.9. The van der Waals surface area contributed by atoms with Crippen LogP contribution in [-0.4, -0.2) is 16.6 Å². The van der Waals surface area contributed by atoms with E-state index in [0.29, 0.717) is 24.9 Å². The molecule has 0 radical (unpaired) electrons. The second-order valence-electron chi connectivity index (χ2n) is 4.38. The third-order valence-electron chi connectivity index (χ3n) is 3.44. The van der Waals surface area contributed by atoms with Gasteiger partial charge in [0.1, 0.15) is 10.8 Å². The van der Waals surface area contributed by atoms with Gasteiger partial charge in [0.15, 0.2) is 0 Å². The van der Waals surface area contributed by atoms with Crippen LogP contribution in [-0.2, 0) is 11.3 Å². The molecule has 19 heavy (non-hydrogen) atoms. The van der Waals surface area contributed by atoms with Crippen LogP contribution in [0.1, 0.15) is 32.3 Å². The van der Waals surface area contributed by atoms with Gasteiger partial charge >= 0.3 is 0 Å². The highest BCUT2D eigenvalue weighted by Crippen LogP contribution is 2.34. The number of amides is 1. The summed E-state index contributed by atoms with van der Waals surface area (Å²) in [5.41, 5.74) is 5.40. The predicted octanol–water partition coefficient (Wildman–Crippen LogP) is 2.83. The summed E-state index contributed by atoms with van der Waals surface area (Å²) in [6.45, 7) is 4.14. The first kappa shape index (κ1) is 16.1. The van der Waals surface area contributed by atoms with Crippen molar-refractivity contribution < 1.29 is 9.90 Å². The SMILES string of the molecule is CCC(CC)(NCc1ccc(O)c(Cl)c1Cl)C(N)=O. The quantitative estimate of drug-likeness (QED) is 0.756. The van der Waals surface area contributed by atoms with Crippen LogP contribution in [0.15, 0.2) is 12.1 Å². The lowest BCUT2D eigenvalue weighted by atomic mass is 9.91. The van der Waals surface area contributed by atoms with E-state index in [0.717, 1.165) is 0 Å². The molecule has 106 valence electrons. The molecule has 0 saturated carbocycles. The molecule has 1 aromatic carbocycles. The van der Waals surface area contributed by atoms with E-state index in [4.69, 9.17) is 28.9 Å². The number of primary amides is 1. The second kappa shape index (κ2) is 6.46. The van der Waals surface area contributed by atoms with Crippen LogP contribution >= 0.6 is 23.2 Å². The van der Waals surface area contributed by atoms with Crippen molar-refractivity contribution in [3.8, 4) is 5.75 Å². The molecule has 0 unspecified atom stereocenters. The number of nitrogens with one attached hydrogen (secondary N) is 1. The van der Waals surface area contributed by atoms with Crippen LogP contribution in [0.4, 0.5) is 0 Å². The van der Waals surface area contributed by atoms with E-state index in [2.05, 4.69) is 5.32 Å². The van der Waals surface area contributed by atoms with Gasteiger partial charge in [-0.15, -0.1) is 0 Å². The number of hydrogen-bond acceptors (Lipinski definition) is 3. The molecular formula is C13H18Cl2N2O2. The Labute approximate surface area is 122 Å². The van der Waals surface area contributed by atoms with Crippen molar-refractivity contribution in [1.29, 1.82) is 0 Å². The van der Waals surface area contributed by atoms with Crippen molar-refractivity contribution in [2.45, 2.75) is 38.8 Å². The molecule has 0 spiro atoms. The Morgan fingerprint density at radius 3 is 2.37 bits per heavy atom. The molecule has 0 aliphatic carbocycles. The number of halogens is 2. The number of phenols is 1. The Morgan fingerprint density at radius 2 is 1.89 bits per heavy atom. The summed E-state index contributed by atoms with van der Waals surface area (Å²) in [6, 6.07) is 3.13. The number of hydrogen-bond donors (Lipinski definition) is 3. The van der Waals surface area contributed by atoms with Crippen LogP contribution < -0.4 is 11.1 Å². The van der Waals surface area contributed by atoms with E-state index in [1.807, 2.05) is 13.8 Å². The molecule has 0 fully saturated rings. The van der Waals surface area contributed by atoms with Crippen LogP contribution in [0.3, 0.4) is 0 Å². The minimum absolute atomic E-state index is 0.0671. The lowest BCUT2D eigenvalue weighted by Gasteiger charge is -2.29. The van der Waals surface area contributed by atoms with Gasteiger partial charge in [0.2, 0.25) is 5.91 Å². The zero-order valence-electron chi connectivity index (χ0n) is 11.0. The van der Waals surface area contributed by atoms with Gasteiger partial charge in [-0.05, 0) is 24.5 Å². The van der Waals surface area contributed by atoms with E-state index >= 15 is 0 Å². The summed E-state index contributed by atoms with van der Waals surface area (Å²) in [4.78, 5) is 11.6. The van der Waals surface area contributed by atoms with Gasteiger partial charge in [-0.1, -0.05) is 43.1 Å². The normalized spacial score (nSPS) is 11.6. The molecule has 0 aromatic heterocycles. The lowest BCUT2D eigenvalue weighted by molar-refractivity contribution is -0.124. The Morgan fingerprint density at radius 1 is 1.32 bits per heavy atom. The highest BCUT2D eigenvalue weighted by Gasteiger charge is 2.32. The van der Waals surface area contributed by atoms with Gasteiger partial charge in [-0.2, -0.15) is 0 Å². The topological polar surface area (TPSA) is 75.3 Å². The summed E-state index contributed by atoms with van der Waals surface area (Å²) in [5.74, 6) is -0.457. The predicted molar refractivity (Wildman–Crippen MR) is 77.5 cm³/mol. The smallest absolute Gasteiger partial charge is 0.237 e. The fraction of sp³-hybridized carbons (Fsp3) is 0.462. The fourth-order valence-electron chi connectivity index (χ4n) is 1.92. The van der Waals surface area contributed by atoms with Crippen molar-refractivity contribution in [1.82, 2.24) is 5.32 Å². The van der Waals surface area contributed by atoms with Crippen LogP contribution in [0, 0.1) is 0 Å². The standard InChI is InChI=1S/C13H18Cl2N2O2/c1-3-13(4-2,12(16)19)17-7-8-5-6-9(18)11(15)10(8)14/h5-6,17-18H,3-4,7H2,1-2H3,(H2,16,19). The third kappa shape index (κ3) is 3.32. The minimum Gasteiger partial charge on any atom is -0.506 e. The average Bonchev–Trinajstić information content (AvgIpc) is 2.39. The number of aromatic hydroxyl groups is 1. The molecule has 0 bridgehead atoms. The molecule has 1 rings (SSSR count). The molecule has 0 atom stereocenters. The Hall–Kier alpha value is -0.970. The summed E-state index contributed by atoms with van der Waals surface area (Å²) in [5, 5.41) is 12.9. The molecule has 0 aliphatic rings. The van der Waals surface area contributed by atoms with Crippen LogP contribution in [0.25, 0.3) is 0 Å². The monoisotopic (exact) mass is 304 g/mol. The summed E-state index contributed by atoms with van der Waals surface area (Å²) in [7, 11) is 0. The molecule has 0 heterocycles. The minimum atomic E-state index is -0.756. The van der Waals surface area contributed by atoms with E-state index in [-0.39, 0.29) is 15.8 Å². The molecule has 6 heteroatoms. The molecule has 0 aliphatic heterocycles. The summed E-state index contributed by atoms with van der Waals surface area (Å²) < 4.78 is 0. The Bertz CT molecular complexity index is 474. The average molecular weight is 305 g/mol. The number of carbonyl (C=O) groups is 1. The van der Waals surface area contributed by atoms with Crippen molar-refractivity contribution in [3.05, 3.63) is 27.7 Å². The van der Waals surface area contributed by atoms with Gasteiger partial charge in [0, 0.05) is 6.54 Å². The van der Waals surface area contributed by atoms with Crippen LogP contribution in [0.5, 0.6) is 5.75 Å². The number of nitrogens with two attached hydrogens (primary N) is 1. The summed E-state index contributed by atoms with van der Waals surface area (Å²) in [6.07, 6.45) is 1.17. The van der Waals surface area contributed by atoms with Crippen LogP contribution in [0.2, 0.25) is 10.0 Å².